The molecule has 2 unspecified atom stereocenters. The predicted molar refractivity (Wildman–Crippen MR) is 115 cm³/mol. The number of hydrogen-bond acceptors (Lipinski definition) is 4. The summed E-state index contributed by atoms with van der Waals surface area (Å²) in [5.41, 5.74) is 1.61. The van der Waals surface area contributed by atoms with Crippen molar-refractivity contribution in [3.8, 4) is 11.5 Å². The molecule has 1 aliphatic heterocycles. The van der Waals surface area contributed by atoms with E-state index in [1.807, 2.05) is 60.5 Å². The van der Waals surface area contributed by atoms with Crippen LogP contribution in [-0.4, -0.2) is 44.0 Å². The molecule has 1 aliphatic carbocycles. The van der Waals surface area contributed by atoms with Crippen LogP contribution in [0, 0.1) is 5.92 Å². The molecule has 2 aromatic rings. The quantitative estimate of drug-likeness (QED) is 0.729. The molecule has 1 saturated heterocycles. The van der Waals surface area contributed by atoms with Crippen LogP contribution in [0.4, 0.5) is 5.69 Å². The lowest BCUT2D eigenvalue weighted by atomic mass is 9.82. The Hall–Kier alpha value is -3.02. The second-order valence-corrected chi connectivity index (χ2v) is 7.97. The molecule has 0 aromatic heterocycles. The largest absolute Gasteiger partial charge is 0.497 e. The Kier molecular flexibility index (Phi) is 5.66. The van der Waals surface area contributed by atoms with Gasteiger partial charge in [0.15, 0.2) is 0 Å². The molecule has 0 N–H and O–H groups in total. The van der Waals surface area contributed by atoms with E-state index in [1.54, 1.807) is 19.1 Å². The maximum absolute atomic E-state index is 13.5. The van der Waals surface area contributed by atoms with Gasteiger partial charge in [-0.25, -0.2) is 0 Å². The molecule has 30 heavy (non-hydrogen) atoms. The number of carbonyl (C=O) groups is 2. The first kappa shape index (κ1) is 20.3. The molecule has 6 nitrogen and oxygen atoms in total. The highest BCUT2D eigenvalue weighted by Crippen LogP contribution is 2.44. The van der Waals surface area contributed by atoms with E-state index in [9.17, 15) is 9.59 Å². The zero-order valence-corrected chi connectivity index (χ0v) is 17.7. The van der Waals surface area contributed by atoms with Gasteiger partial charge in [0.25, 0.3) is 0 Å². The second-order valence-electron chi connectivity index (χ2n) is 7.97. The Bertz CT molecular complexity index is 923. The Morgan fingerprint density at radius 3 is 2.33 bits per heavy atom. The van der Waals surface area contributed by atoms with Gasteiger partial charge >= 0.3 is 0 Å². The first-order chi connectivity index (χ1) is 14.5. The third-order valence-electron chi connectivity index (χ3n) is 6.16. The van der Waals surface area contributed by atoms with E-state index in [4.69, 9.17) is 9.47 Å². The minimum atomic E-state index is -0.426. The minimum absolute atomic E-state index is 0.00852. The normalized spacial score (nSPS) is 21.3. The molecule has 158 valence electrons. The number of benzene rings is 2. The van der Waals surface area contributed by atoms with Gasteiger partial charge in [-0.05, 0) is 49.6 Å². The fourth-order valence-corrected chi connectivity index (χ4v) is 4.37. The van der Waals surface area contributed by atoms with E-state index in [0.717, 1.165) is 29.8 Å². The highest BCUT2D eigenvalue weighted by atomic mass is 16.5. The van der Waals surface area contributed by atoms with Crippen molar-refractivity contribution in [2.75, 3.05) is 26.2 Å². The molecule has 2 amide bonds. The lowest BCUT2D eigenvalue weighted by Crippen LogP contribution is -2.49. The maximum Gasteiger partial charge on any atom is 0.228 e. The summed E-state index contributed by atoms with van der Waals surface area (Å²) in [4.78, 5) is 30.3. The number of hydrogen-bond donors (Lipinski definition) is 0. The first-order valence-electron chi connectivity index (χ1n) is 10.4. The van der Waals surface area contributed by atoms with Crippen LogP contribution in [0.5, 0.6) is 11.5 Å². The van der Waals surface area contributed by atoms with Gasteiger partial charge < -0.3 is 19.3 Å². The van der Waals surface area contributed by atoms with E-state index in [2.05, 4.69) is 0 Å². The van der Waals surface area contributed by atoms with Crippen LogP contribution in [0.1, 0.15) is 37.3 Å². The van der Waals surface area contributed by atoms with Crippen molar-refractivity contribution in [2.24, 2.45) is 5.92 Å². The minimum Gasteiger partial charge on any atom is -0.497 e. The lowest BCUT2D eigenvalue weighted by molar-refractivity contribution is -0.137. The second kappa shape index (κ2) is 8.38. The van der Waals surface area contributed by atoms with Crippen LogP contribution >= 0.6 is 0 Å². The zero-order valence-electron chi connectivity index (χ0n) is 17.7. The van der Waals surface area contributed by atoms with Crippen molar-refractivity contribution in [2.45, 2.75) is 37.8 Å². The smallest absolute Gasteiger partial charge is 0.228 e. The summed E-state index contributed by atoms with van der Waals surface area (Å²) in [7, 11) is 5.11. The molecule has 0 radical (unpaired) electrons. The molecule has 0 spiro atoms. The molecule has 6 heteroatoms. The number of methoxy groups -OCH3 is 2. The fourth-order valence-electron chi connectivity index (χ4n) is 4.37. The first-order valence-corrected chi connectivity index (χ1v) is 10.4. The van der Waals surface area contributed by atoms with Crippen LogP contribution in [0.2, 0.25) is 0 Å². The number of nitrogens with zero attached hydrogens (tertiary/aromatic N) is 2. The van der Waals surface area contributed by atoms with Crippen molar-refractivity contribution >= 4 is 17.5 Å². The highest BCUT2D eigenvalue weighted by Gasteiger charge is 2.45. The Morgan fingerprint density at radius 2 is 1.70 bits per heavy atom. The summed E-state index contributed by atoms with van der Waals surface area (Å²) in [5, 5.41) is 0. The van der Waals surface area contributed by atoms with Crippen molar-refractivity contribution in [3.63, 3.8) is 0 Å². The average molecular weight is 408 g/mol. The van der Waals surface area contributed by atoms with Gasteiger partial charge in [-0.2, -0.15) is 0 Å². The number of piperidine rings is 1. The van der Waals surface area contributed by atoms with Gasteiger partial charge in [-0.1, -0.05) is 18.2 Å². The van der Waals surface area contributed by atoms with Crippen molar-refractivity contribution in [1.29, 1.82) is 0 Å². The van der Waals surface area contributed by atoms with Crippen molar-refractivity contribution < 1.29 is 19.1 Å². The van der Waals surface area contributed by atoms with Crippen LogP contribution in [0.3, 0.4) is 0 Å². The summed E-state index contributed by atoms with van der Waals surface area (Å²) in [6.07, 6.45) is 2.97. The summed E-state index contributed by atoms with van der Waals surface area (Å²) in [6.45, 7) is 0. The maximum atomic E-state index is 13.5. The van der Waals surface area contributed by atoms with Crippen LogP contribution < -0.4 is 14.4 Å². The third kappa shape index (κ3) is 3.74. The van der Waals surface area contributed by atoms with Gasteiger partial charge in [0.1, 0.15) is 11.5 Å². The molecule has 1 saturated carbocycles. The van der Waals surface area contributed by atoms with Crippen LogP contribution in [-0.2, 0) is 9.59 Å². The molecule has 2 aliphatic rings. The SMILES string of the molecule is COc1ccc(N2C(=O)CCC(C(=O)N(C)C3CC3)C2c2ccccc2OC)cc1. The van der Waals surface area contributed by atoms with Gasteiger partial charge in [0, 0.05) is 30.8 Å². The summed E-state index contributed by atoms with van der Waals surface area (Å²) in [6, 6.07) is 15.0. The van der Waals surface area contributed by atoms with E-state index in [1.165, 1.54) is 0 Å². The number of amides is 2. The predicted octanol–water partition coefficient (Wildman–Crippen LogP) is 3.81. The monoisotopic (exact) mass is 408 g/mol. The molecule has 1 heterocycles. The fraction of sp³-hybridized carbons (Fsp3) is 0.417. The molecule has 2 aromatic carbocycles. The van der Waals surface area contributed by atoms with E-state index in [0.29, 0.717) is 24.6 Å². The number of ether oxygens (including phenoxy) is 2. The summed E-state index contributed by atoms with van der Waals surface area (Å²) >= 11 is 0. The number of rotatable bonds is 6. The van der Waals surface area contributed by atoms with Gasteiger partial charge in [0.05, 0.1) is 26.2 Å². The van der Waals surface area contributed by atoms with Crippen molar-refractivity contribution in [3.05, 3.63) is 54.1 Å². The van der Waals surface area contributed by atoms with Crippen LogP contribution in [0.15, 0.2) is 48.5 Å². The Labute approximate surface area is 177 Å². The third-order valence-corrected chi connectivity index (χ3v) is 6.16. The van der Waals surface area contributed by atoms with E-state index >= 15 is 0 Å². The lowest BCUT2D eigenvalue weighted by Gasteiger charge is -2.42. The highest BCUT2D eigenvalue weighted by molar-refractivity contribution is 5.97. The zero-order chi connectivity index (χ0) is 21.3. The van der Waals surface area contributed by atoms with Crippen LogP contribution in [0.25, 0.3) is 0 Å². The molecule has 0 bridgehead atoms. The Balaban J connectivity index is 1.80. The van der Waals surface area contributed by atoms with Gasteiger partial charge in [-0.15, -0.1) is 0 Å². The number of carbonyl (C=O) groups excluding carboxylic acids is 2. The Morgan fingerprint density at radius 1 is 1.00 bits per heavy atom. The van der Waals surface area contributed by atoms with Crippen molar-refractivity contribution in [1.82, 2.24) is 4.90 Å². The molecule has 4 rings (SSSR count). The summed E-state index contributed by atoms with van der Waals surface area (Å²) in [5.74, 6) is 1.18. The standard InChI is InChI=1S/C24H28N2O4/c1-25(16-8-9-16)24(28)20-14-15-22(27)26(17-10-12-18(29-2)13-11-17)23(20)19-6-4-5-7-21(19)30-3/h4-7,10-13,16,20,23H,8-9,14-15H2,1-3H3. The topological polar surface area (TPSA) is 59.1 Å². The van der Waals surface area contributed by atoms with Gasteiger partial charge in [0.2, 0.25) is 11.8 Å². The van der Waals surface area contributed by atoms with E-state index < -0.39 is 6.04 Å². The van der Waals surface area contributed by atoms with E-state index in [-0.39, 0.29) is 17.7 Å². The number of anilines is 1. The molecule has 2 fully saturated rings. The molecule has 2 atom stereocenters. The molecular weight excluding hydrogens is 380 g/mol. The summed E-state index contributed by atoms with van der Waals surface area (Å²) < 4.78 is 10.9. The number of para-hydroxylation sites is 1. The average Bonchev–Trinajstić information content (AvgIpc) is 3.63. The molecular formula is C24H28N2O4. The van der Waals surface area contributed by atoms with Gasteiger partial charge in [-0.3, -0.25) is 9.59 Å².